The second kappa shape index (κ2) is 10.7. The lowest BCUT2D eigenvalue weighted by Gasteiger charge is -2.39. The van der Waals surface area contributed by atoms with Crippen LogP contribution in [0.4, 0.5) is 10.1 Å². The molecule has 0 atom stereocenters. The van der Waals surface area contributed by atoms with Gasteiger partial charge in [0, 0.05) is 42.5 Å². The highest BCUT2D eigenvalue weighted by atomic mass is 19.1. The first-order valence-corrected chi connectivity index (χ1v) is 11.6. The second-order valence-electron chi connectivity index (χ2n) is 8.71. The number of anilines is 1. The van der Waals surface area contributed by atoms with Crippen molar-refractivity contribution in [3.8, 4) is 11.5 Å². The summed E-state index contributed by atoms with van der Waals surface area (Å²) in [7, 11) is 3.33. The largest absolute Gasteiger partial charge is 0.497 e. The third-order valence-electron chi connectivity index (χ3n) is 6.39. The van der Waals surface area contributed by atoms with Crippen LogP contribution in [0.25, 0.3) is 0 Å². The number of ether oxygens (including phenoxy) is 2. The zero-order valence-electron chi connectivity index (χ0n) is 20.0. The third kappa shape index (κ3) is 5.39. The van der Waals surface area contributed by atoms with E-state index < -0.39 is 0 Å². The highest BCUT2D eigenvalue weighted by Crippen LogP contribution is 2.29. The van der Waals surface area contributed by atoms with E-state index in [0.29, 0.717) is 5.56 Å². The lowest BCUT2D eigenvalue weighted by Crippen LogP contribution is -2.47. The zero-order valence-corrected chi connectivity index (χ0v) is 20.0. The maximum Gasteiger partial charge on any atom is 0.258 e. The predicted molar refractivity (Wildman–Crippen MR) is 132 cm³/mol. The molecular formula is C28H31FN2O3. The normalized spacial score (nSPS) is 14.6. The van der Waals surface area contributed by atoms with Gasteiger partial charge in [-0.15, -0.1) is 0 Å². The van der Waals surface area contributed by atoms with Crippen LogP contribution < -0.4 is 14.4 Å². The van der Waals surface area contributed by atoms with Crippen molar-refractivity contribution < 1.29 is 18.7 Å². The number of hydrogen-bond donors (Lipinski definition) is 0. The van der Waals surface area contributed by atoms with Crippen molar-refractivity contribution in [2.75, 3.05) is 32.2 Å². The molecule has 0 bridgehead atoms. The average molecular weight is 463 g/mol. The molecule has 0 aliphatic carbocycles. The van der Waals surface area contributed by atoms with Gasteiger partial charge < -0.3 is 14.4 Å². The molecule has 4 rings (SSSR count). The Kier molecular flexibility index (Phi) is 7.48. The van der Waals surface area contributed by atoms with Crippen molar-refractivity contribution in [1.82, 2.24) is 4.90 Å². The first-order chi connectivity index (χ1) is 16.5. The van der Waals surface area contributed by atoms with Gasteiger partial charge in [0.05, 0.1) is 14.2 Å². The number of halogens is 1. The maximum absolute atomic E-state index is 13.6. The molecule has 178 valence electrons. The number of carbonyl (C=O) groups excluding carboxylic acids is 1. The van der Waals surface area contributed by atoms with Gasteiger partial charge in [-0.3, -0.25) is 9.69 Å². The number of likely N-dealkylation sites (tertiary alicyclic amines) is 1. The molecule has 1 saturated heterocycles. The van der Waals surface area contributed by atoms with E-state index in [1.54, 1.807) is 26.4 Å². The quantitative estimate of drug-likeness (QED) is 0.467. The monoisotopic (exact) mass is 462 g/mol. The molecule has 6 heteroatoms. The first kappa shape index (κ1) is 23.8. The Hall–Kier alpha value is -3.38. The molecule has 0 unspecified atom stereocenters. The Balaban J connectivity index is 1.52. The van der Waals surface area contributed by atoms with Gasteiger partial charge in [0.2, 0.25) is 0 Å². The number of carbonyl (C=O) groups is 1. The summed E-state index contributed by atoms with van der Waals surface area (Å²) in [6.07, 6.45) is 1.64. The van der Waals surface area contributed by atoms with Crippen molar-refractivity contribution >= 4 is 11.6 Å². The van der Waals surface area contributed by atoms with Gasteiger partial charge in [-0.1, -0.05) is 17.7 Å². The summed E-state index contributed by atoms with van der Waals surface area (Å²) in [5.74, 6) is 1.28. The molecule has 34 heavy (non-hydrogen) atoms. The predicted octanol–water partition coefficient (Wildman–Crippen LogP) is 5.46. The second-order valence-corrected chi connectivity index (χ2v) is 8.71. The van der Waals surface area contributed by atoms with Crippen molar-refractivity contribution in [3.63, 3.8) is 0 Å². The van der Waals surface area contributed by atoms with Crippen LogP contribution in [0.15, 0.2) is 66.7 Å². The van der Waals surface area contributed by atoms with E-state index in [1.165, 1.54) is 12.1 Å². The number of hydrogen-bond acceptors (Lipinski definition) is 4. The fourth-order valence-electron chi connectivity index (χ4n) is 4.59. The molecule has 0 radical (unpaired) electrons. The standard InChI is InChI=1S/C28H31FN2O3/c1-20-5-4-6-21(17-20)28(32)31(24-9-7-23(29)8-10-24)25-13-15-30(16-14-25)19-22-18-26(33-2)11-12-27(22)34-3/h4-12,17-18,25H,13-16,19H2,1-3H3. The van der Waals surface area contributed by atoms with E-state index in [2.05, 4.69) is 4.90 Å². The third-order valence-corrected chi connectivity index (χ3v) is 6.39. The molecule has 1 fully saturated rings. The Morgan fingerprint density at radius 2 is 1.74 bits per heavy atom. The molecule has 3 aromatic carbocycles. The summed E-state index contributed by atoms with van der Waals surface area (Å²) in [5, 5.41) is 0. The Labute approximate surface area is 200 Å². The molecule has 1 aliphatic heterocycles. The van der Waals surface area contributed by atoms with E-state index >= 15 is 0 Å². The van der Waals surface area contributed by atoms with Crippen LogP contribution in [-0.2, 0) is 6.54 Å². The topological polar surface area (TPSA) is 42.0 Å². The molecular weight excluding hydrogens is 431 g/mol. The van der Waals surface area contributed by atoms with Crippen molar-refractivity contribution in [2.24, 2.45) is 0 Å². The number of methoxy groups -OCH3 is 2. The number of rotatable bonds is 7. The summed E-state index contributed by atoms with van der Waals surface area (Å²) < 4.78 is 24.5. The van der Waals surface area contributed by atoms with Crippen molar-refractivity contribution in [3.05, 3.63) is 89.2 Å². The molecule has 1 aliphatic rings. The molecule has 0 spiro atoms. The van der Waals surface area contributed by atoms with E-state index in [-0.39, 0.29) is 17.8 Å². The lowest BCUT2D eigenvalue weighted by molar-refractivity contribution is 0.0958. The number of piperidine rings is 1. The fraction of sp³-hybridized carbons (Fsp3) is 0.321. The lowest BCUT2D eigenvalue weighted by atomic mass is 9.99. The van der Waals surface area contributed by atoms with Gasteiger partial charge in [0.1, 0.15) is 17.3 Å². The Morgan fingerprint density at radius 1 is 1.00 bits per heavy atom. The van der Waals surface area contributed by atoms with Gasteiger partial charge in [-0.2, -0.15) is 0 Å². The van der Waals surface area contributed by atoms with Crippen LogP contribution >= 0.6 is 0 Å². The molecule has 5 nitrogen and oxygen atoms in total. The molecule has 1 amide bonds. The number of amides is 1. The summed E-state index contributed by atoms with van der Waals surface area (Å²) in [4.78, 5) is 17.8. The van der Waals surface area contributed by atoms with Crippen LogP contribution in [0.3, 0.4) is 0 Å². The van der Waals surface area contributed by atoms with Crippen LogP contribution in [-0.4, -0.2) is 44.2 Å². The summed E-state index contributed by atoms with van der Waals surface area (Å²) in [6, 6.07) is 19.7. The molecule has 0 N–H and O–H groups in total. The van der Waals surface area contributed by atoms with Gasteiger partial charge in [-0.05, 0) is 74.4 Å². The van der Waals surface area contributed by atoms with Gasteiger partial charge in [0.15, 0.2) is 0 Å². The smallest absolute Gasteiger partial charge is 0.258 e. The molecule has 3 aromatic rings. The van der Waals surface area contributed by atoms with Crippen LogP contribution in [0.5, 0.6) is 11.5 Å². The van der Waals surface area contributed by atoms with Gasteiger partial charge in [0.25, 0.3) is 5.91 Å². The van der Waals surface area contributed by atoms with E-state index in [0.717, 1.165) is 60.8 Å². The maximum atomic E-state index is 13.6. The fourth-order valence-corrected chi connectivity index (χ4v) is 4.59. The minimum atomic E-state index is -0.311. The minimum Gasteiger partial charge on any atom is -0.497 e. The van der Waals surface area contributed by atoms with Crippen molar-refractivity contribution in [1.29, 1.82) is 0 Å². The molecule has 0 aromatic heterocycles. The highest BCUT2D eigenvalue weighted by Gasteiger charge is 2.30. The minimum absolute atomic E-state index is 0.0296. The van der Waals surface area contributed by atoms with Crippen LogP contribution in [0.2, 0.25) is 0 Å². The van der Waals surface area contributed by atoms with E-state index in [4.69, 9.17) is 9.47 Å². The van der Waals surface area contributed by atoms with Crippen LogP contribution in [0, 0.1) is 12.7 Å². The summed E-state index contributed by atoms with van der Waals surface area (Å²) in [5.41, 5.74) is 3.48. The van der Waals surface area contributed by atoms with E-state index in [1.807, 2.05) is 54.3 Å². The summed E-state index contributed by atoms with van der Waals surface area (Å²) >= 11 is 0. The van der Waals surface area contributed by atoms with Gasteiger partial charge in [-0.25, -0.2) is 4.39 Å². The SMILES string of the molecule is COc1ccc(OC)c(CN2CCC(N(C(=O)c3cccc(C)c3)c3ccc(F)cc3)CC2)c1. The number of nitrogens with zero attached hydrogens (tertiary/aromatic N) is 2. The number of aryl methyl sites for hydroxylation is 1. The van der Waals surface area contributed by atoms with E-state index in [9.17, 15) is 9.18 Å². The molecule has 0 saturated carbocycles. The zero-order chi connectivity index (χ0) is 24.1. The van der Waals surface area contributed by atoms with Crippen molar-refractivity contribution in [2.45, 2.75) is 32.4 Å². The average Bonchev–Trinajstić information content (AvgIpc) is 2.86. The summed E-state index contributed by atoms with van der Waals surface area (Å²) in [6.45, 7) is 4.40. The Bertz CT molecular complexity index is 1120. The number of benzene rings is 3. The molecule has 1 heterocycles. The highest BCUT2D eigenvalue weighted by molar-refractivity contribution is 6.06. The van der Waals surface area contributed by atoms with Crippen LogP contribution in [0.1, 0.15) is 34.3 Å². The Morgan fingerprint density at radius 3 is 2.38 bits per heavy atom. The van der Waals surface area contributed by atoms with Gasteiger partial charge >= 0.3 is 0 Å². The first-order valence-electron chi connectivity index (χ1n) is 11.6.